The zero-order valence-electron chi connectivity index (χ0n) is 19.8. The van der Waals surface area contributed by atoms with Gasteiger partial charge in [-0.15, -0.1) is 0 Å². The molecular formula is C25H25F3N4O5. The van der Waals surface area contributed by atoms with Gasteiger partial charge >= 0.3 is 12.1 Å². The van der Waals surface area contributed by atoms with Crippen LogP contribution in [0.4, 0.5) is 13.2 Å². The fourth-order valence-electron chi connectivity index (χ4n) is 4.60. The molecule has 2 aliphatic rings. The lowest BCUT2D eigenvalue weighted by Crippen LogP contribution is -2.35. The van der Waals surface area contributed by atoms with E-state index in [4.69, 9.17) is 14.6 Å². The van der Waals surface area contributed by atoms with E-state index in [0.29, 0.717) is 37.4 Å². The summed E-state index contributed by atoms with van der Waals surface area (Å²) in [5.41, 5.74) is 2.36. The molecule has 37 heavy (non-hydrogen) atoms. The van der Waals surface area contributed by atoms with Crippen molar-refractivity contribution in [2.45, 2.75) is 12.3 Å². The number of halogens is 3. The van der Waals surface area contributed by atoms with E-state index in [1.54, 1.807) is 24.5 Å². The number of aliphatic carboxylic acids is 1. The summed E-state index contributed by atoms with van der Waals surface area (Å²) in [6.45, 7) is 2.40. The molecule has 0 aliphatic carbocycles. The van der Waals surface area contributed by atoms with Crippen molar-refractivity contribution in [3.8, 4) is 0 Å². The summed E-state index contributed by atoms with van der Waals surface area (Å²) in [7, 11) is 2.00. The summed E-state index contributed by atoms with van der Waals surface area (Å²) in [5, 5.41) is 11.2. The number of hydrogen-bond donors (Lipinski definition) is 2. The Morgan fingerprint density at radius 3 is 2.59 bits per heavy atom. The molecule has 2 fully saturated rings. The maximum absolute atomic E-state index is 13.1. The van der Waals surface area contributed by atoms with E-state index in [1.807, 2.05) is 47.0 Å². The van der Waals surface area contributed by atoms with Crippen LogP contribution in [-0.2, 0) is 16.6 Å². The second kappa shape index (κ2) is 10.6. The first-order chi connectivity index (χ1) is 17.5. The molecule has 9 nitrogen and oxygen atoms in total. The largest absolute Gasteiger partial charge is 0.490 e. The van der Waals surface area contributed by atoms with Crippen molar-refractivity contribution in [3.05, 3.63) is 66.1 Å². The number of carboxylic acid groups (broad SMARTS) is 1. The van der Waals surface area contributed by atoms with Crippen LogP contribution >= 0.6 is 0 Å². The number of nitrogens with zero attached hydrogens (tertiary/aromatic N) is 3. The third-order valence-corrected chi connectivity index (χ3v) is 6.55. The summed E-state index contributed by atoms with van der Waals surface area (Å²) in [5.74, 6) is -2.41. The lowest BCUT2D eigenvalue weighted by molar-refractivity contribution is -0.192. The van der Waals surface area contributed by atoms with Gasteiger partial charge in [-0.2, -0.15) is 13.2 Å². The molecule has 3 atom stereocenters. The maximum Gasteiger partial charge on any atom is 0.490 e. The molecule has 1 aromatic carbocycles. The Hall–Kier alpha value is -3.93. The van der Waals surface area contributed by atoms with E-state index in [1.165, 1.54) is 0 Å². The number of pyridine rings is 1. The van der Waals surface area contributed by atoms with Crippen molar-refractivity contribution >= 4 is 28.7 Å². The van der Waals surface area contributed by atoms with Crippen LogP contribution in [0.15, 0.2) is 55.0 Å². The van der Waals surface area contributed by atoms with Gasteiger partial charge in [0.15, 0.2) is 0 Å². The fourth-order valence-corrected chi connectivity index (χ4v) is 4.60. The molecule has 0 saturated carbocycles. The zero-order chi connectivity index (χ0) is 26.7. The smallest absolute Gasteiger partial charge is 0.475 e. The highest BCUT2D eigenvalue weighted by Crippen LogP contribution is 2.34. The van der Waals surface area contributed by atoms with Crippen molar-refractivity contribution in [2.75, 3.05) is 26.2 Å². The number of rotatable bonds is 4. The van der Waals surface area contributed by atoms with Crippen LogP contribution < -0.4 is 5.32 Å². The van der Waals surface area contributed by atoms with E-state index < -0.39 is 12.1 Å². The van der Waals surface area contributed by atoms with Crippen LogP contribution in [0.25, 0.3) is 10.9 Å². The summed E-state index contributed by atoms with van der Waals surface area (Å²) < 4.78 is 39.7. The van der Waals surface area contributed by atoms with Crippen LogP contribution in [0.2, 0.25) is 0 Å². The monoisotopic (exact) mass is 518 g/mol. The van der Waals surface area contributed by atoms with Gasteiger partial charge in [-0.1, -0.05) is 0 Å². The lowest BCUT2D eigenvalue weighted by Gasteiger charge is -2.20. The summed E-state index contributed by atoms with van der Waals surface area (Å²) >= 11 is 0. The molecule has 0 spiro atoms. The lowest BCUT2D eigenvalue weighted by atomic mass is 9.93. The molecule has 5 rings (SSSR count). The first-order valence-corrected chi connectivity index (χ1v) is 11.5. The Kier molecular flexibility index (Phi) is 7.48. The van der Waals surface area contributed by atoms with Gasteiger partial charge < -0.3 is 24.6 Å². The minimum Gasteiger partial charge on any atom is -0.475 e. The predicted molar refractivity (Wildman–Crippen MR) is 126 cm³/mol. The molecule has 0 bridgehead atoms. The number of hydrogen-bond acceptors (Lipinski definition) is 5. The van der Waals surface area contributed by atoms with Crippen LogP contribution in [0.5, 0.6) is 0 Å². The number of carbonyl (C=O) groups excluding carboxylic acids is 2. The van der Waals surface area contributed by atoms with Gasteiger partial charge in [-0.05, 0) is 36.4 Å². The number of aromatic nitrogens is 2. The summed E-state index contributed by atoms with van der Waals surface area (Å²) in [6.07, 6.45) is 0.154. The number of benzene rings is 1. The molecule has 12 heteroatoms. The van der Waals surface area contributed by atoms with Gasteiger partial charge in [0.2, 0.25) is 0 Å². The van der Waals surface area contributed by atoms with Gasteiger partial charge in [0, 0.05) is 73.6 Å². The molecule has 3 aromatic rings. The fraction of sp³-hybridized carbons (Fsp3) is 0.360. The van der Waals surface area contributed by atoms with Gasteiger partial charge in [0.25, 0.3) is 11.8 Å². The standard InChI is InChI=1S/C23H24N4O3.C2HF3O2/c1-26-8-6-15-9-16(4-5-20(15)26)23(29)27-12-19-18(14-30-21(19)13-27)11-25-22(28)17-3-2-7-24-10-17;3-2(4,5)1(6)7/h2-10,18-19,21H,11-14H2,1H3,(H,25,28);(H,6,7)/t18-,19-,21-;/m1./s1. The highest BCUT2D eigenvalue weighted by atomic mass is 19.4. The third kappa shape index (κ3) is 5.91. The molecule has 0 radical (unpaired) electrons. The highest BCUT2D eigenvalue weighted by molar-refractivity contribution is 5.98. The molecule has 0 unspecified atom stereocenters. The number of carboxylic acids is 1. The summed E-state index contributed by atoms with van der Waals surface area (Å²) in [4.78, 5) is 40.1. The van der Waals surface area contributed by atoms with Gasteiger partial charge in [0.1, 0.15) is 0 Å². The number of ether oxygens (including phenoxy) is 1. The van der Waals surface area contributed by atoms with Crippen LogP contribution in [0.3, 0.4) is 0 Å². The number of aryl methyl sites for hydroxylation is 1. The maximum atomic E-state index is 13.1. The normalized spacial score (nSPS) is 20.8. The van der Waals surface area contributed by atoms with Crippen LogP contribution in [0, 0.1) is 11.8 Å². The number of nitrogens with one attached hydrogen (secondary N) is 1. The van der Waals surface area contributed by atoms with E-state index in [2.05, 4.69) is 10.3 Å². The number of amides is 2. The number of carbonyl (C=O) groups is 3. The number of likely N-dealkylation sites (tertiary alicyclic amines) is 1. The van der Waals surface area contributed by atoms with Crippen LogP contribution in [0.1, 0.15) is 20.7 Å². The predicted octanol–water partition coefficient (Wildman–Crippen LogP) is 2.72. The first kappa shape index (κ1) is 26.1. The zero-order valence-corrected chi connectivity index (χ0v) is 19.8. The average molecular weight is 518 g/mol. The van der Waals surface area contributed by atoms with Gasteiger partial charge in [0.05, 0.1) is 18.3 Å². The quantitative estimate of drug-likeness (QED) is 0.549. The molecular weight excluding hydrogens is 493 g/mol. The first-order valence-electron chi connectivity index (χ1n) is 11.5. The molecule has 2 N–H and O–H groups in total. The SMILES string of the molecule is Cn1ccc2cc(C(=O)N3C[C@@H]4[C@H](CNC(=O)c5cccnc5)CO[C@@H]4C3)ccc21.O=C(O)C(F)(F)F. The molecule has 2 aliphatic heterocycles. The number of fused-ring (bicyclic) bond motifs is 2. The average Bonchev–Trinajstić information content (AvgIpc) is 3.57. The van der Waals surface area contributed by atoms with Crippen molar-refractivity contribution in [1.29, 1.82) is 0 Å². The molecule has 4 heterocycles. The van der Waals surface area contributed by atoms with Crippen molar-refractivity contribution in [2.24, 2.45) is 18.9 Å². The van der Waals surface area contributed by atoms with E-state index in [0.717, 1.165) is 10.9 Å². The molecule has 2 amide bonds. The Morgan fingerprint density at radius 1 is 1.16 bits per heavy atom. The summed E-state index contributed by atoms with van der Waals surface area (Å²) in [6, 6.07) is 11.4. The molecule has 196 valence electrons. The van der Waals surface area contributed by atoms with Gasteiger partial charge in [-0.3, -0.25) is 14.6 Å². The van der Waals surface area contributed by atoms with Crippen LogP contribution in [-0.4, -0.2) is 75.9 Å². The van der Waals surface area contributed by atoms with Gasteiger partial charge in [-0.25, -0.2) is 4.79 Å². The number of alkyl halides is 3. The Morgan fingerprint density at radius 2 is 1.92 bits per heavy atom. The topological polar surface area (TPSA) is 114 Å². The second-order valence-electron chi connectivity index (χ2n) is 8.96. The molecule has 2 aromatic heterocycles. The minimum atomic E-state index is -5.08. The van der Waals surface area contributed by atoms with E-state index in [9.17, 15) is 22.8 Å². The third-order valence-electron chi connectivity index (χ3n) is 6.55. The Labute approximate surface area is 209 Å². The minimum absolute atomic E-state index is 0.0368. The Balaban J connectivity index is 0.000000405. The second-order valence-corrected chi connectivity index (χ2v) is 8.96. The van der Waals surface area contributed by atoms with Crippen molar-refractivity contribution in [3.63, 3.8) is 0 Å². The Bertz CT molecular complexity index is 1290. The molecule has 2 saturated heterocycles. The highest BCUT2D eigenvalue weighted by Gasteiger charge is 2.45. The van der Waals surface area contributed by atoms with Crippen molar-refractivity contribution < 1.29 is 37.4 Å². The van der Waals surface area contributed by atoms with E-state index >= 15 is 0 Å². The van der Waals surface area contributed by atoms with Crippen molar-refractivity contribution in [1.82, 2.24) is 19.8 Å². The van der Waals surface area contributed by atoms with E-state index in [-0.39, 0.29) is 29.8 Å².